The minimum absolute atomic E-state index is 0.157. The number of aryl methyl sites for hydroxylation is 1. The Kier molecular flexibility index (Phi) is 7.84. The predicted octanol–water partition coefficient (Wildman–Crippen LogP) is 4.34. The van der Waals surface area contributed by atoms with E-state index in [1.165, 1.54) is 19.3 Å². The molecule has 4 atom stereocenters. The number of amides is 3. The minimum Gasteiger partial charge on any atom is -0.444 e. The Morgan fingerprint density at radius 1 is 1.13 bits per heavy atom. The van der Waals surface area contributed by atoms with Gasteiger partial charge in [0.25, 0.3) is 0 Å². The maximum atomic E-state index is 12.8. The highest BCUT2D eigenvalue weighted by Gasteiger charge is 2.45. The van der Waals surface area contributed by atoms with Crippen LogP contribution in [0.5, 0.6) is 0 Å². The molecule has 2 N–H and O–H groups in total. The normalized spacial score (nSPS) is 23.2. The quantitative estimate of drug-likeness (QED) is 0.545. The first-order chi connectivity index (χ1) is 18.6. The molecule has 2 bridgehead atoms. The Hall–Kier alpha value is -3.14. The number of likely N-dealkylation sites (tertiary alicyclic amines) is 1. The summed E-state index contributed by atoms with van der Waals surface area (Å²) in [5, 5.41) is 14.6. The van der Waals surface area contributed by atoms with Crippen molar-refractivity contribution in [1.82, 2.24) is 29.9 Å². The van der Waals surface area contributed by atoms with Gasteiger partial charge in [0.15, 0.2) is 0 Å². The molecule has 212 valence electrons. The molecule has 3 fully saturated rings. The van der Waals surface area contributed by atoms with E-state index in [1.807, 2.05) is 49.4 Å². The van der Waals surface area contributed by atoms with E-state index >= 15 is 0 Å². The van der Waals surface area contributed by atoms with Crippen molar-refractivity contribution in [3.05, 3.63) is 42.0 Å². The maximum Gasteiger partial charge on any atom is 0.410 e. The number of hydrogen-bond acceptors (Lipinski definition) is 6. The number of carbonyl (C=O) groups is 2. The van der Waals surface area contributed by atoms with E-state index in [2.05, 4.69) is 44.8 Å². The van der Waals surface area contributed by atoms with Crippen molar-refractivity contribution < 1.29 is 14.3 Å². The molecular formula is C29H43N7O3. The molecule has 3 unspecified atom stereocenters. The molecule has 3 amide bonds. The van der Waals surface area contributed by atoms with Gasteiger partial charge in [-0.3, -0.25) is 9.80 Å². The van der Waals surface area contributed by atoms with Crippen molar-refractivity contribution in [3.8, 4) is 0 Å². The zero-order chi connectivity index (χ0) is 27.7. The van der Waals surface area contributed by atoms with Crippen LogP contribution in [0.1, 0.15) is 77.1 Å². The van der Waals surface area contributed by atoms with Gasteiger partial charge in [-0.2, -0.15) is 0 Å². The lowest BCUT2D eigenvalue weighted by Crippen LogP contribution is -2.59. The third-order valence-corrected chi connectivity index (χ3v) is 8.45. The first kappa shape index (κ1) is 27.4. The molecule has 2 aromatic rings. The summed E-state index contributed by atoms with van der Waals surface area (Å²) in [4.78, 5) is 29.9. The number of urea groups is 1. The number of rotatable bonds is 7. The van der Waals surface area contributed by atoms with Gasteiger partial charge >= 0.3 is 12.1 Å². The number of carbonyl (C=O) groups excluding carboxylic acids is 2. The summed E-state index contributed by atoms with van der Waals surface area (Å²) in [6, 6.07) is 8.37. The summed E-state index contributed by atoms with van der Waals surface area (Å²) in [6.07, 6.45) is 7.14. The largest absolute Gasteiger partial charge is 0.444 e. The van der Waals surface area contributed by atoms with E-state index in [0.29, 0.717) is 12.5 Å². The van der Waals surface area contributed by atoms with E-state index in [-0.39, 0.29) is 36.2 Å². The Morgan fingerprint density at radius 3 is 2.44 bits per heavy atom. The lowest BCUT2D eigenvalue weighted by atomic mass is 9.72. The van der Waals surface area contributed by atoms with Crippen LogP contribution in [-0.4, -0.2) is 80.0 Å². The second-order valence-electron chi connectivity index (χ2n) is 12.5. The smallest absolute Gasteiger partial charge is 0.410 e. The minimum atomic E-state index is -0.495. The van der Waals surface area contributed by atoms with Crippen molar-refractivity contribution in [2.24, 2.45) is 13.0 Å². The Balaban J connectivity index is 1.15. The van der Waals surface area contributed by atoms with Crippen LogP contribution in [-0.2, 0) is 11.8 Å². The summed E-state index contributed by atoms with van der Waals surface area (Å²) in [5.74, 6) is 1.69. The number of ether oxygens (including phenoxy) is 1. The second-order valence-corrected chi connectivity index (χ2v) is 12.5. The highest BCUT2D eigenvalue weighted by atomic mass is 16.6. The Morgan fingerprint density at radius 2 is 1.85 bits per heavy atom. The molecule has 1 saturated carbocycles. The van der Waals surface area contributed by atoms with Crippen LogP contribution < -0.4 is 10.6 Å². The third-order valence-electron chi connectivity index (χ3n) is 8.45. The van der Waals surface area contributed by atoms with E-state index < -0.39 is 5.60 Å². The first-order valence-electron chi connectivity index (χ1n) is 14.3. The average Bonchev–Trinajstić information content (AvgIpc) is 3.38. The lowest BCUT2D eigenvalue weighted by molar-refractivity contribution is -0.00946. The van der Waals surface area contributed by atoms with E-state index in [0.717, 1.165) is 43.0 Å². The van der Waals surface area contributed by atoms with Crippen LogP contribution >= 0.6 is 0 Å². The number of piperazine rings is 1. The van der Waals surface area contributed by atoms with Crippen LogP contribution in [0, 0.1) is 5.92 Å². The number of nitrogens with zero attached hydrogens (tertiary/aromatic N) is 5. The van der Waals surface area contributed by atoms with Crippen molar-refractivity contribution in [2.45, 2.75) is 89.4 Å². The van der Waals surface area contributed by atoms with Gasteiger partial charge in [0.2, 0.25) is 0 Å². The summed E-state index contributed by atoms with van der Waals surface area (Å²) < 4.78 is 7.65. The molecule has 10 nitrogen and oxygen atoms in total. The fraction of sp³-hybridized carbons (Fsp3) is 0.655. The van der Waals surface area contributed by atoms with Gasteiger partial charge in [-0.25, -0.2) is 9.59 Å². The number of hydrogen-bond donors (Lipinski definition) is 2. The summed E-state index contributed by atoms with van der Waals surface area (Å²) >= 11 is 0. The van der Waals surface area contributed by atoms with Crippen molar-refractivity contribution in [3.63, 3.8) is 0 Å². The van der Waals surface area contributed by atoms with Crippen molar-refractivity contribution in [1.29, 1.82) is 0 Å². The van der Waals surface area contributed by atoms with Gasteiger partial charge in [0.1, 0.15) is 17.8 Å². The molecule has 1 aromatic carbocycles. The van der Waals surface area contributed by atoms with Crippen LogP contribution in [0.15, 0.2) is 30.6 Å². The third kappa shape index (κ3) is 6.21. The van der Waals surface area contributed by atoms with Gasteiger partial charge in [-0.1, -0.05) is 18.6 Å². The molecule has 5 rings (SSSR count). The van der Waals surface area contributed by atoms with Gasteiger partial charge in [-0.15, -0.1) is 10.2 Å². The van der Waals surface area contributed by atoms with E-state index in [1.54, 1.807) is 6.33 Å². The highest BCUT2D eigenvalue weighted by Crippen LogP contribution is 2.43. The zero-order valence-corrected chi connectivity index (χ0v) is 23.9. The molecule has 1 aromatic heterocycles. The molecule has 39 heavy (non-hydrogen) atoms. The van der Waals surface area contributed by atoms with E-state index in [4.69, 9.17) is 4.74 Å². The van der Waals surface area contributed by atoms with Crippen LogP contribution in [0.25, 0.3) is 0 Å². The molecule has 10 heteroatoms. The number of benzene rings is 1. The summed E-state index contributed by atoms with van der Waals surface area (Å²) in [5.41, 5.74) is 1.43. The molecule has 1 aliphatic carbocycles. The number of aromatic nitrogens is 3. The molecular weight excluding hydrogens is 494 g/mol. The van der Waals surface area contributed by atoms with Crippen molar-refractivity contribution in [2.75, 3.05) is 25.0 Å². The predicted molar refractivity (Wildman–Crippen MR) is 150 cm³/mol. The topological polar surface area (TPSA) is 105 Å². The highest BCUT2D eigenvalue weighted by molar-refractivity contribution is 5.89. The molecule has 0 spiro atoms. The Bertz CT molecular complexity index is 1160. The van der Waals surface area contributed by atoms with Gasteiger partial charge in [0, 0.05) is 56.4 Å². The molecule has 0 radical (unpaired) electrons. The molecule has 2 saturated heterocycles. The SMILES string of the molecule is CC(CNC(=O)Nc1cccc([C@H](c2nncn2C)C2CCC2)c1)N1CC2CCC(C1)N2C(=O)OC(C)(C)C. The van der Waals surface area contributed by atoms with Gasteiger partial charge in [-0.05, 0) is 77.0 Å². The zero-order valence-electron chi connectivity index (χ0n) is 23.9. The molecule has 2 aliphatic heterocycles. The standard InChI is InChI=1S/C29H43N7O3/c1-19(35-16-23-12-13-24(17-35)36(23)28(38)39-29(2,3)4)15-30-27(37)32-22-11-7-10-21(14-22)25(20-8-6-9-20)26-33-31-18-34(26)5/h7,10-11,14,18-20,23-25H,6,8-9,12-13,15-17H2,1-5H3,(H2,30,32,37)/t19?,23?,24?,25-/m1/s1. The Labute approximate surface area is 231 Å². The second kappa shape index (κ2) is 11.2. The van der Waals surface area contributed by atoms with Gasteiger partial charge < -0.3 is 19.9 Å². The van der Waals surface area contributed by atoms with Crippen molar-refractivity contribution >= 4 is 17.8 Å². The fourth-order valence-electron chi connectivity index (χ4n) is 6.24. The van der Waals surface area contributed by atoms with Gasteiger partial charge in [0.05, 0.1) is 0 Å². The average molecular weight is 538 g/mol. The summed E-state index contributed by atoms with van der Waals surface area (Å²) in [6.45, 7) is 9.97. The first-order valence-corrected chi connectivity index (χ1v) is 14.3. The number of anilines is 1. The summed E-state index contributed by atoms with van der Waals surface area (Å²) in [7, 11) is 1.99. The van der Waals surface area contributed by atoms with Crippen LogP contribution in [0.3, 0.4) is 0 Å². The molecule has 3 heterocycles. The lowest BCUT2D eigenvalue weighted by Gasteiger charge is -2.43. The molecule has 3 aliphatic rings. The van der Waals surface area contributed by atoms with Crippen LogP contribution in [0.4, 0.5) is 15.3 Å². The van der Waals surface area contributed by atoms with E-state index in [9.17, 15) is 9.59 Å². The maximum absolute atomic E-state index is 12.8. The van der Waals surface area contributed by atoms with Crippen LogP contribution in [0.2, 0.25) is 0 Å². The monoisotopic (exact) mass is 537 g/mol. The number of fused-ring (bicyclic) bond motifs is 2. The fourth-order valence-corrected chi connectivity index (χ4v) is 6.24. The number of nitrogens with one attached hydrogen (secondary N) is 2.